The number of aryl methyl sites for hydroxylation is 1. The summed E-state index contributed by atoms with van der Waals surface area (Å²) in [7, 11) is 0. The zero-order valence-corrected chi connectivity index (χ0v) is 10.8. The molecule has 2 aliphatic carbocycles. The minimum atomic E-state index is 0.971. The van der Waals surface area contributed by atoms with Crippen LogP contribution in [0.3, 0.4) is 0 Å². The van der Waals surface area contributed by atoms with E-state index in [-0.39, 0.29) is 0 Å². The molecule has 2 saturated carbocycles. The third kappa shape index (κ3) is 2.55. The van der Waals surface area contributed by atoms with Crippen LogP contribution in [0.15, 0.2) is 24.3 Å². The monoisotopic (exact) mass is 229 g/mol. The lowest BCUT2D eigenvalue weighted by Gasteiger charge is -2.21. The SMILES string of the molecule is Cc1cccc(CNCC2CC3CCC2C3)c1. The Bertz CT molecular complexity index is 385. The predicted molar refractivity (Wildman–Crippen MR) is 71.8 cm³/mol. The largest absolute Gasteiger partial charge is 0.312 e. The fraction of sp³-hybridized carbons (Fsp3) is 0.625. The maximum atomic E-state index is 3.66. The van der Waals surface area contributed by atoms with Crippen molar-refractivity contribution in [3.63, 3.8) is 0 Å². The van der Waals surface area contributed by atoms with E-state index in [9.17, 15) is 0 Å². The van der Waals surface area contributed by atoms with Gasteiger partial charge in [-0.1, -0.05) is 36.2 Å². The molecule has 0 aliphatic heterocycles. The Labute approximate surface area is 105 Å². The molecule has 0 spiro atoms. The van der Waals surface area contributed by atoms with Crippen LogP contribution in [0.4, 0.5) is 0 Å². The van der Waals surface area contributed by atoms with Gasteiger partial charge in [0.05, 0.1) is 0 Å². The molecule has 1 nitrogen and oxygen atoms in total. The number of fused-ring (bicyclic) bond motifs is 2. The smallest absolute Gasteiger partial charge is 0.0205 e. The first-order valence-electron chi connectivity index (χ1n) is 7.07. The summed E-state index contributed by atoms with van der Waals surface area (Å²) >= 11 is 0. The van der Waals surface area contributed by atoms with Crippen molar-refractivity contribution in [3.05, 3.63) is 35.4 Å². The van der Waals surface area contributed by atoms with E-state index in [4.69, 9.17) is 0 Å². The number of benzene rings is 1. The Morgan fingerprint density at radius 2 is 2.18 bits per heavy atom. The highest BCUT2D eigenvalue weighted by molar-refractivity contribution is 5.21. The molecule has 3 rings (SSSR count). The first-order valence-corrected chi connectivity index (χ1v) is 7.07. The van der Waals surface area contributed by atoms with Crippen LogP contribution in [-0.2, 0) is 6.54 Å². The molecule has 92 valence electrons. The summed E-state index contributed by atoms with van der Waals surface area (Å²) in [6.45, 7) is 4.43. The van der Waals surface area contributed by atoms with Crippen LogP contribution in [0.25, 0.3) is 0 Å². The lowest BCUT2D eigenvalue weighted by atomic mass is 9.89. The maximum Gasteiger partial charge on any atom is 0.0205 e. The van der Waals surface area contributed by atoms with E-state index in [1.54, 1.807) is 0 Å². The highest BCUT2D eigenvalue weighted by atomic mass is 14.9. The molecule has 1 aromatic carbocycles. The van der Waals surface area contributed by atoms with Gasteiger partial charge in [-0.15, -0.1) is 0 Å². The molecule has 1 heteroatoms. The zero-order valence-electron chi connectivity index (χ0n) is 10.8. The quantitative estimate of drug-likeness (QED) is 0.833. The van der Waals surface area contributed by atoms with Crippen molar-refractivity contribution >= 4 is 0 Å². The zero-order chi connectivity index (χ0) is 11.7. The van der Waals surface area contributed by atoms with Crippen molar-refractivity contribution in [3.8, 4) is 0 Å². The van der Waals surface area contributed by atoms with E-state index < -0.39 is 0 Å². The fourth-order valence-corrected chi connectivity index (χ4v) is 3.85. The van der Waals surface area contributed by atoms with E-state index in [1.807, 2.05) is 0 Å². The average molecular weight is 229 g/mol. The highest BCUT2D eigenvalue weighted by Gasteiger charge is 2.38. The van der Waals surface area contributed by atoms with Gasteiger partial charge in [-0.05, 0) is 56.0 Å². The first-order chi connectivity index (χ1) is 8.31. The van der Waals surface area contributed by atoms with E-state index in [0.717, 1.165) is 24.3 Å². The van der Waals surface area contributed by atoms with Crippen LogP contribution in [0.2, 0.25) is 0 Å². The summed E-state index contributed by atoms with van der Waals surface area (Å²) in [5.41, 5.74) is 2.79. The summed E-state index contributed by atoms with van der Waals surface area (Å²) in [5.74, 6) is 3.09. The average Bonchev–Trinajstić information content (AvgIpc) is 2.91. The van der Waals surface area contributed by atoms with Crippen LogP contribution < -0.4 is 5.32 Å². The minimum absolute atomic E-state index is 0.971. The summed E-state index contributed by atoms with van der Waals surface area (Å²) in [6, 6.07) is 8.83. The van der Waals surface area contributed by atoms with Crippen LogP contribution in [0, 0.1) is 24.7 Å². The molecule has 0 heterocycles. The van der Waals surface area contributed by atoms with Gasteiger partial charge < -0.3 is 5.32 Å². The topological polar surface area (TPSA) is 12.0 Å². The molecule has 0 aromatic heterocycles. The van der Waals surface area contributed by atoms with Crippen LogP contribution in [-0.4, -0.2) is 6.54 Å². The number of nitrogens with one attached hydrogen (secondary N) is 1. The normalized spacial score (nSPS) is 31.0. The molecule has 1 N–H and O–H groups in total. The second-order valence-electron chi connectivity index (χ2n) is 6.05. The first kappa shape index (κ1) is 11.3. The molecule has 0 saturated heterocycles. The molecule has 0 radical (unpaired) electrons. The van der Waals surface area contributed by atoms with Crippen molar-refractivity contribution in [1.29, 1.82) is 0 Å². The molecule has 2 bridgehead atoms. The van der Waals surface area contributed by atoms with Gasteiger partial charge >= 0.3 is 0 Å². The lowest BCUT2D eigenvalue weighted by molar-refractivity contribution is 0.318. The Morgan fingerprint density at radius 3 is 2.88 bits per heavy atom. The Balaban J connectivity index is 1.46. The van der Waals surface area contributed by atoms with Crippen LogP contribution in [0.5, 0.6) is 0 Å². The maximum absolute atomic E-state index is 3.66. The second kappa shape index (κ2) is 4.81. The fourth-order valence-electron chi connectivity index (χ4n) is 3.85. The lowest BCUT2D eigenvalue weighted by Crippen LogP contribution is -2.26. The molecule has 17 heavy (non-hydrogen) atoms. The Hall–Kier alpha value is -0.820. The van der Waals surface area contributed by atoms with Gasteiger partial charge in [0, 0.05) is 6.54 Å². The summed E-state index contributed by atoms with van der Waals surface area (Å²) in [5, 5.41) is 3.66. The minimum Gasteiger partial charge on any atom is -0.312 e. The van der Waals surface area contributed by atoms with Gasteiger partial charge in [-0.3, -0.25) is 0 Å². The molecular formula is C16H23N. The van der Waals surface area contributed by atoms with E-state index in [0.29, 0.717) is 0 Å². The number of hydrogen-bond acceptors (Lipinski definition) is 1. The molecule has 0 amide bonds. The highest BCUT2D eigenvalue weighted by Crippen LogP contribution is 2.47. The third-order valence-corrected chi connectivity index (χ3v) is 4.70. The Kier molecular flexibility index (Phi) is 3.19. The molecule has 2 aliphatic rings. The number of hydrogen-bond donors (Lipinski definition) is 1. The van der Waals surface area contributed by atoms with E-state index >= 15 is 0 Å². The molecule has 3 unspecified atom stereocenters. The summed E-state index contributed by atoms with van der Waals surface area (Å²) in [6.07, 6.45) is 6.03. The van der Waals surface area contributed by atoms with Crippen LogP contribution >= 0.6 is 0 Å². The van der Waals surface area contributed by atoms with Gasteiger partial charge in [-0.2, -0.15) is 0 Å². The predicted octanol–water partition coefficient (Wildman–Crippen LogP) is 3.52. The van der Waals surface area contributed by atoms with E-state index in [1.165, 1.54) is 43.4 Å². The van der Waals surface area contributed by atoms with Crippen molar-refractivity contribution in [2.75, 3.05) is 6.54 Å². The van der Waals surface area contributed by atoms with E-state index in [2.05, 4.69) is 36.5 Å². The van der Waals surface area contributed by atoms with Gasteiger partial charge in [-0.25, -0.2) is 0 Å². The van der Waals surface area contributed by atoms with Crippen molar-refractivity contribution < 1.29 is 0 Å². The molecular weight excluding hydrogens is 206 g/mol. The van der Waals surface area contributed by atoms with Crippen molar-refractivity contribution in [2.24, 2.45) is 17.8 Å². The molecule has 2 fully saturated rings. The van der Waals surface area contributed by atoms with Gasteiger partial charge in [0.15, 0.2) is 0 Å². The second-order valence-corrected chi connectivity index (χ2v) is 6.05. The Morgan fingerprint density at radius 1 is 1.24 bits per heavy atom. The van der Waals surface area contributed by atoms with Crippen molar-refractivity contribution in [1.82, 2.24) is 5.32 Å². The van der Waals surface area contributed by atoms with Gasteiger partial charge in [0.2, 0.25) is 0 Å². The third-order valence-electron chi connectivity index (χ3n) is 4.70. The van der Waals surface area contributed by atoms with Gasteiger partial charge in [0.25, 0.3) is 0 Å². The molecule has 3 atom stereocenters. The molecule has 1 aromatic rings. The summed E-state index contributed by atoms with van der Waals surface area (Å²) in [4.78, 5) is 0. The van der Waals surface area contributed by atoms with Gasteiger partial charge in [0.1, 0.15) is 0 Å². The standard InChI is InChI=1S/C16H23N/c1-12-3-2-4-14(7-12)10-17-11-16-9-13-5-6-15(16)8-13/h2-4,7,13,15-17H,5-6,8-11H2,1H3. The number of rotatable bonds is 4. The summed E-state index contributed by atoms with van der Waals surface area (Å²) < 4.78 is 0. The van der Waals surface area contributed by atoms with Crippen LogP contribution in [0.1, 0.15) is 36.8 Å². The van der Waals surface area contributed by atoms with Crippen molar-refractivity contribution in [2.45, 2.75) is 39.2 Å².